The van der Waals surface area contributed by atoms with E-state index in [4.69, 9.17) is 11.6 Å². The Hall–Kier alpha value is -3.97. The molecule has 3 amide bonds. The number of carbonyl (C=O) groups excluding carboxylic acids is 3. The standard InChI is InChI=1S/C26H21ClFN3O3/c1-3-30(19-8-6-7-16(2)15-19)24(32)17-11-13-18(14-12-17)29-23-22(27)25(33)31(26(23)34)21-10-5-4-9-20(21)28/h4-15,29H,3H2,1-2H3. The van der Waals surface area contributed by atoms with E-state index in [9.17, 15) is 18.8 Å². The molecule has 0 spiro atoms. The summed E-state index contributed by atoms with van der Waals surface area (Å²) >= 11 is 6.11. The molecule has 0 radical (unpaired) electrons. The fraction of sp³-hybridized carbons (Fsp3) is 0.115. The van der Waals surface area contributed by atoms with Gasteiger partial charge in [-0.2, -0.15) is 0 Å². The lowest BCUT2D eigenvalue weighted by molar-refractivity contribution is -0.120. The molecule has 0 bridgehead atoms. The summed E-state index contributed by atoms with van der Waals surface area (Å²) in [6.07, 6.45) is 0. The van der Waals surface area contributed by atoms with Crippen molar-refractivity contribution in [2.24, 2.45) is 0 Å². The van der Waals surface area contributed by atoms with Gasteiger partial charge in [-0.1, -0.05) is 35.9 Å². The van der Waals surface area contributed by atoms with E-state index in [-0.39, 0.29) is 22.3 Å². The zero-order chi connectivity index (χ0) is 24.4. The average Bonchev–Trinajstić information content (AvgIpc) is 3.03. The zero-order valence-electron chi connectivity index (χ0n) is 18.5. The fourth-order valence-corrected chi connectivity index (χ4v) is 3.91. The van der Waals surface area contributed by atoms with Crippen molar-refractivity contribution in [3.63, 3.8) is 0 Å². The van der Waals surface area contributed by atoms with Crippen LogP contribution < -0.4 is 15.1 Å². The predicted molar refractivity (Wildman–Crippen MR) is 130 cm³/mol. The number of para-hydroxylation sites is 1. The molecule has 0 atom stereocenters. The highest BCUT2D eigenvalue weighted by molar-refractivity contribution is 6.53. The number of imide groups is 1. The minimum atomic E-state index is -0.817. The number of nitrogens with one attached hydrogen (secondary N) is 1. The van der Waals surface area contributed by atoms with Gasteiger partial charge < -0.3 is 10.2 Å². The highest BCUT2D eigenvalue weighted by Gasteiger charge is 2.40. The van der Waals surface area contributed by atoms with Crippen LogP contribution in [0.1, 0.15) is 22.8 Å². The number of rotatable bonds is 6. The molecule has 1 N–H and O–H groups in total. The number of halogens is 2. The quantitative estimate of drug-likeness (QED) is 0.493. The smallest absolute Gasteiger partial charge is 0.283 e. The van der Waals surface area contributed by atoms with E-state index in [1.807, 2.05) is 38.1 Å². The lowest BCUT2D eigenvalue weighted by atomic mass is 10.1. The van der Waals surface area contributed by atoms with Crippen LogP contribution in [0.3, 0.4) is 0 Å². The maximum atomic E-state index is 14.2. The van der Waals surface area contributed by atoms with E-state index in [1.54, 1.807) is 29.2 Å². The van der Waals surface area contributed by atoms with Gasteiger partial charge in [0, 0.05) is 23.5 Å². The molecule has 6 nitrogen and oxygen atoms in total. The molecule has 1 aliphatic heterocycles. The van der Waals surface area contributed by atoms with Crippen LogP contribution in [0.2, 0.25) is 0 Å². The summed E-state index contributed by atoms with van der Waals surface area (Å²) in [6, 6.07) is 19.6. The number of hydrogen-bond acceptors (Lipinski definition) is 4. The Kier molecular flexibility index (Phi) is 6.47. The lowest BCUT2D eigenvalue weighted by Gasteiger charge is -2.21. The van der Waals surface area contributed by atoms with E-state index in [0.29, 0.717) is 22.7 Å². The molecular formula is C26H21ClFN3O3. The van der Waals surface area contributed by atoms with Gasteiger partial charge in [-0.25, -0.2) is 9.29 Å². The van der Waals surface area contributed by atoms with Crippen molar-refractivity contribution in [2.75, 3.05) is 21.7 Å². The number of aryl methyl sites for hydroxylation is 1. The Labute approximate surface area is 201 Å². The predicted octanol–water partition coefficient (Wildman–Crippen LogP) is 5.24. The molecule has 8 heteroatoms. The summed E-state index contributed by atoms with van der Waals surface area (Å²) in [4.78, 5) is 40.8. The molecule has 0 unspecified atom stereocenters. The van der Waals surface area contributed by atoms with E-state index in [2.05, 4.69) is 5.32 Å². The molecule has 3 aromatic carbocycles. The Morgan fingerprint density at radius 3 is 2.35 bits per heavy atom. The number of benzene rings is 3. The molecule has 0 saturated heterocycles. The molecule has 3 aromatic rings. The molecule has 1 aliphatic rings. The van der Waals surface area contributed by atoms with Crippen molar-refractivity contribution in [3.05, 3.63) is 100 Å². The van der Waals surface area contributed by atoms with Crippen LogP contribution in [-0.2, 0) is 9.59 Å². The van der Waals surface area contributed by atoms with Gasteiger partial charge in [0.2, 0.25) is 0 Å². The maximum Gasteiger partial charge on any atom is 0.283 e. The Bertz CT molecular complexity index is 1320. The van der Waals surface area contributed by atoms with Gasteiger partial charge in [-0.15, -0.1) is 0 Å². The summed E-state index contributed by atoms with van der Waals surface area (Å²) in [7, 11) is 0. The third-order valence-electron chi connectivity index (χ3n) is 5.40. The Morgan fingerprint density at radius 1 is 1.00 bits per heavy atom. The van der Waals surface area contributed by atoms with Crippen LogP contribution in [0.25, 0.3) is 0 Å². The normalized spacial score (nSPS) is 13.5. The van der Waals surface area contributed by atoms with Crippen molar-refractivity contribution < 1.29 is 18.8 Å². The van der Waals surface area contributed by atoms with Crippen LogP contribution in [0.15, 0.2) is 83.5 Å². The first kappa shape index (κ1) is 23.2. The minimum Gasteiger partial charge on any atom is -0.350 e. The first-order valence-electron chi connectivity index (χ1n) is 10.6. The second-order valence-corrected chi connectivity index (χ2v) is 8.05. The molecule has 172 valence electrons. The lowest BCUT2D eigenvalue weighted by Crippen LogP contribution is -2.33. The summed E-state index contributed by atoms with van der Waals surface area (Å²) in [5.41, 5.74) is 2.41. The summed E-state index contributed by atoms with van der Waals surface area (Å²) in [5, 5.41) is 2.48. The molecule has 0 aromatic heterocycles. The van der Waals surface area contributed by atoms with Gasteiger partial charge in [-0.05, 0) is 67.9 Å². The van der Waals surface area contributed by atoms with Crippen LogP contribution in [0.4, 0.5) is 21.5 Å². The Morgan fingerprint density at radius 2 is 1.71 bits per heavy atom. The van der Waals surface area contributed by atoms with Crippen molar-refractivity contribution in [3.8, 4) is 0 Å². The van der Waals surface area contributed by atoms with Gasteiger partial charge in [0.15, 0.2) is 0 Å². The average molecular weight is 478 g/mol. The summed E-state index contributed by atoms with van der Waals surface area (Å²) in [5.74, 6) is -2.47. The van der Waals surface area contributed by atoms with Crippen LogP contribution in [0, 0.1) is 12.7 Å². The van der Waals surface area contributed by atoms with Gasteiger partial charge in [0.05, 0.1) is 5.69 Å². The van der Waals surface area contributed by atoms with Gasteiger partial charge in [0.1, 0.15) is 16.5 Å². The first-order valence-corrected chi connectivity index (χ1v) is 11.0. The molecule has 34 heavy (non-hydrogen) atoms. The summed E-state index contributed by atoms with van der Waals surface area (Å²) in [6.45, 7) is 4.35. The van der Waals surface area contributed by atoms with Crippen molar-refractivity contribution >= 4 is 46.4 Å². The van der Waals surface area contributed by atoms with E-state index >= 15 is 0 Å². The number of carbonyl (C=O) groups is 3. The van der Waals surface area contributed by atoms with E-state index in [0.717, 1.165) is 17.3 Å². The topological polar surface area (TPSA) is 69.7 Å². The first-order chi connectivity index (χ1) is 16.3. The number of amides is 3. The number of hydrogen-bond donors (Lipinski definition) is 1. The van der Waals surface area contributed by atoms with Gasteiger partial charge in [0.25, 0.3) is 17.7 Å². The second kappa shape index (κ2) is 9.49. The van der Waals surface area contributed by atoms with Crippen LogP contribution >= 0.6 is 11.6 Å². The maximum absolute atomic E-state index is 14.2. The van der Waals surface area contributed by atoms with Crippen molar-refractivity contribution in [1.29, 1.82) is 0 Å². The number of anilines is 3. The third-order valence-corrected chi connectivity index (χ3v) is 5.75. The molecule has 0 aliphatic carbocycles. The van der Waals surface area contributed by atoms with Gasteiger partial charge in [-0.3, -0.25) is 14.4 Å². The van der Waals surface area contributed by atoms with Gasteiger partial charge >= 0.3 is 0 Å². The Balaban J connectivity index is 1.53. The highest BCUT2D eigenvalue weighted by atomic mass is 35.5. The van der Waals surface area contributed by atoms with Crippen LogP contribution in [-0.4, -0.2) is 24.3 Å². The highest BCUT2D eigenvalue weighted by Crippen LogP contribution is 2.31. The second-order valence-electron chi connectivity index (χ2n) is 7.68. The summed E-state index contributed by atoms with van der Waals surface area (Å²) < 4.78 is 14.2. The minimum absolute atomic E-state index is 0.163. The number of nitrogens with zero attached hydrogens (tertiary/aromatic N) is 2. The van der Waals surface area contributed by atoms with E-state index in [1.165, 1.54) is 18.2 Å². The zero-order valence-corrected chi connectivity index (χ0v) is 19.3. The monoisotopic (exact) mass is 477 g/mol. The third kappa shape index (κ3) is 4.30. The fourth-order valence-electron chi connectivity index (χ4n) is 3.70. The van der Waals surface area contributed by atoms with Crippen LogP contribution in [0.5, 0.6) is 0 Å². The molecule has 4 rings (SSSR count). The SMILES string of the molecule is CCN(C(=O)c1ccc(NC2=C(Cl)C(=O)N(c3ccccc3F)C2=O)cc1)c1cccc(C)c1. The molecule has 1 heterocycles. The molecule has 0 saturated carbocycles. The van der Waals surface area contributed by atoms with E-state index < -0.39 is 17.6 Å². The van der Waals surface area contributed by atoms with Crippen molar-refractivity contribution in [1.82, 2.24) is 0 Å². The molecule has 0 fully saturated rings. The largest absolute Gasteiger partial charge is 0.350 e. The molecular weight excluding hydrogens is 457 g/mol. The van der Waals surface area contributed by atoms with Crippen molar-refractivity contribution in [2.45, 2.75) is 13.8 Å².